The van der Waals surface area contributed by atoms with Gasteiger partial charge in [-0.3, -0.25) is 9.59 Å². The second kappa shape index (κ2) is 4.75. The third-order valence-electron chi connectivity index (χ3n) is 0.932. The zero-order valence-electron chi connectivity index (χ0n) is 5.32. The number of carbonyl (C=O) groups excluding carboxylic acids is 1. The fourth-order valence-electron chi connectivity index (χ4n) is 0.367. The summed E-state index contributed by atoms with van der Waals surface area (Å²) in [7, 11) is 0. The molecule has 1 atom stereocenters. The molecule has 0 aromatic carbocycles. The van der Waals surface area contributed by atoms with Gasteiger partial charge in [0.05, 0.1) is 6.61 Å². The predicted octanol–water partition coefficient (Wildman–Crippen LogP) is -1.04. The standard InChI is InChI=1S/C5H9NO4/c6-4(5(8)9)1-2-10-3-7/h3-4H,1-2,6H2,(H,8,9)/t4-/m1/s1. The highest BCUT2D eigenvalue weighted by molar-refractivity contribution is 5.72. The van der Waals surface area contributed by atoms with Crippen molar-refractivity contribution in [2.24, 2.45) is 5.73 Å². The van der Waals surface area contributed by atoms with Crippen molar-refractivity contribution in [3.63, 3.8) is 0 Å². The average Bonchev–Trinajstić information content (AvgIpc) is 1.88. The molecule has 0 fully saturated rings. The molecule has 0 amide bonds. The molecule has 58 valence electrons. The largest absolute Gasteiger partial charge is 0.480 e. The van der Waals surface area contributed by atoms with Crippen molar-refractivity contribution in [3.8, 4) is 0 Å². The van der Waals surface area contributed by atoms with Gasteiger partial charge in [0.2, 0.25) is 0 Å². The maximum Gasteiger partial charge on any atom is 0.320 e. The van der Waals surface area contributed by atoms with Crippen molar-refractivity contribution >= 4 is 12.4 Å². The minimum Gasteiger partial charge on any atom is -0.480 e. The Kier molecular flexibility index (Phi) is 4.23. The number of carboxylic acid groups (broad SMARTS) is 1. The van der Waals surface area contributed by atoms with Gasteiger partial charge in [-0.2, -0.15) is 0 Å². The van der Waals surface area contributed by atoms with Crippen LogP contribution in [0.25, 0.3) is 0 Å². The molecule has 0 radical (unpaired) electrons. The molecule has 0 aromatic heterocycles. The summed E-state index contributed by atoms with van der Waals surface area (Å²) in [6.45, 7) is 0.311. The fourth-order valence-corrected chi connectivity index (χ4v) is 0.367. The van der Waals surface area contributed by atoms with Crippen molar-refractivity contribution in [2.75, 3.05) is 6.61 Å². The van der Waals surface area contributed by atoms with Crippen molar-refractivity contribution in [1.29, 1.82) is 0 Å². The van der Waals surface area contributed by atoms with Crippen LogP contribution < -0.4 is 5.73 Å². The summed E-state index contributed by atoms with van der Waals surface area (Å²) < 4.78 is 4.23. The topological polar surface area (TPSA) is 89.6 Å². The summed E-state index contributed by atoms with van der Waals surface area (Å²) in [6.07, 6.45) is 0.147. The van der Waals surface area contributed by atoms with Gasteiger partial charge in [0, 0.05) is 6.42 Å². The molecule has 0 aliphatic rings. The Morgan fingerprint density at radius 2 is 2.40 bits per heavy atom. The lowest BCUT2D eigenvalue weighted by Crippen LogP contribution is -2.31. The van der Waals surface area contributed by atoms with E-state index in [0.29, 0.717) is 0 Å². The lowest BCUT2D eigenvalue weighted by Gasteiger charge is -2.03. The summed E-state index contributed by atoms with van der Waals surface area (Å²) in [6, 6.07) is -0.944. The maximum absolute atomic E-state index is 10.0. The molecule has 0 heterocycles. The molecular weight excluding hydrogens is 138 g/mol. The van der Waals surface area contributed by atoms with Gasteiger partial charge >= 0.3 is 5.97 Å². The molecule has 5 heteroatoms. The summed E-state index contributed by atoms with van der Waals surface area (Å²) >= 11 is 0. The number of carbonyl (C=O) groups is 2. The number of nitrogens with two attached hydrogens (primary N) is 1. The number of hydrogen-bond donors (Lipinski definition) is 2. The van der Waals surface area contributed by atoms with Gasteiger partial charge in [-0.1, -0.05) is 0 Å². The van der Waals surface area contributed by atoms with E-state index in [9.17, 15) is 9.59 Å². The fraction of sp³-hybridized carbons (Fsp3) is 0.600. The minimum absolute atomic E-state index is 0.0525. The second-order valence-corrected chi connectivity index (χ2v) is 1.70. The summed E-state index contributed by atoms with van der Waals surface area (Å²) in [4.78, 5) is 19.6. The molecule has 0 rings (SSSR count). The number of hydrogen-bond acceptors (Lipinski definition) is 4. The van der Waals surface area contributed by atoms with Crippen molar-refractivity contribution in [3.05, 3.63) is 0 Å². The van der Waals surface area contributed by atoms with Crippen molar-refractivity contribution in [1.82, 2.24) is 0 Å². The number of aliphatic carboxylic acids is 1. The maximum atomic E-state index is 10.0. The van der Waals surface area contributed by atoms with E-state index in [4.69, 9.17) is 10.8 Å². The Balaban J connectivity index is 3.30. The first-order valence-corrected chi connectivity index (χ1v) is 2.72. The molecule has 0 aliphatic heterocycles. The molecule has 0 bridgehead atoms. The Labute approximate surface area is 57.8 Å². The zero-order chi connectivity index (χ0) is 7.98. The van der Waals surface area contributed by atoms with Crippen LogP contribution in [0.3, 0.4) is 0 Å². The van der Waals surface area contributed by atoms with Crippen LogP contribution in [0.2, 0.25) is 0 Å². The van der Waals surface area contributed by atoms with Gasteiger partial charge in [0.25, 0.3) is 6.47 Å². The molecule has 0 spiro atoms. The van der Waals surface area contributed by atoms with Gasteiger partial charge in [0.15, 0.2) is 0 Å². The van der Waals surface area contributed by atoms with E-state index >= 15 is 0 Å². The van der Waals surface area contributed by atoms with Crippen LogP contribution in [0.5, 0.6) is 0 Å². The quantitative estimate of drug-likeness (QED) is 0.383. The van der Waals surface area contributed by atoms with E-state index in [1.165, 1.54) is 0 Å². The second-order valence-electron chi connectivity index (χ2n) is 1.70. The van der Waals surface area contributed by atoms with E-state index in [-0.39, 0.29) is 19.5 Å². The van der Waals surface area contributed by atoms with Gasteiger partial charge in [0.1, 0.15) is 6.04 Å². The third-order valence-corrected chi connectivity index (χ3v) is 0.932. The predicted molar refractivity (Wildman–Crippen MR) is 32.2 cm³/mol. The smallest absolute Gasteiger partial charge is 0.320 e. The van der Waals surface area contributed by atoms with Gasteiger partial charge < -0.3 is 15.6 Å². The van der Waals surface area contributed by atoms with Crippen LogP contribution in [0.4, 0.5) is 0 Å². The number of rotatable bonds is 5. The molecule has 3 N–H and O–H groups in total. The monoisotopic (exact) mass is 147 g/mol. The zero-order valence-corrected chi connectivity index (χ0v) is 5.32. The van der Waals surface area contributed by atoms with Crippen molar-refractivity contribution in [2.45, 2.75) is 12.5 Å². The molecular formula is C5H9NO4. The first-order chi connectivity index (χ1) is 4.68. The third kappa shape index (κ3) is 3.85. The highest BCUT2D eigenvalue weighted by Crippen LogP contribution is 1.87. The summed E-state index contributed by atoms with van der Waals surface area (Å²) in [5.74, 6) is -1.09. The molecule has 10 heavy (non-hydrogen) atoms. The minimum atomic E-state index is -1.09. The van der Waals surface area contributed by atoms with Gasteiger partial charge in [-0.05, 0) is 0 Å². The molecule has 0 saturated carbocycles. The highest BCUT2D eigenvalue weighted by Gasteiger charge is 2.09. The summed E-state index contributed by atoms with van der Waals surface area (Å²) in [5.41, 5.74) is 5.06. The molecule has 5 nitrogen and oxygen atoms in total. The summed E-state index contributed by atoms with van der Waals surface area (Å²) in [5, 5.41) is 8.21. The Morgan fingerprint density at radius 3 is 2.80 bits per heavy atom. The molecule has 0 aromatic rings. The van der Waals surface area contributed by atoms with Crippen LogP contribution in [0.1, 0.15) is 6.42 Å². The first kappa shape index (κ1) is 8.90. The average molecular weight is 147 g/mol. The normalized spacial score (nSPS) is 12.1. The Morgan fingerprint density at radius 1 is 1.80 bits per heavy atom. The van der Waals surface area contributed by atoms with E-state index < -0.39 is 12.0 Å². The van der Waals surface area contributed by atoms with Crippen LogP contribution in [0.15, 0.2) is 0 Å². The van der Waals surface area contributed by atoms with E-state index in [0.717, 1.165) is 0 Å². The van der Waals surface area contributed by atoms with E-state index in [1.54, 1.807) is 0 Å². The van der Waals surface area contributed by atoms with E-state index in [1.807, 2.05) is 0 Å². The van der Waals surface area contributed by atoms with Crippen molar-refractivity contribution < 1.29 is 19.4 Å². The van der Waals surface area contributed by atoms with Crippen LogP contribution in [-0.2, 0) is 14.3 Å². The number of ether oxygens (including phenoxy) is 1. The molecule has 0 aliphatic carbocycles. The molecule has 0 unspecified atom stereocenters. The van der Waals surface area contributed by atoms with Crippen LogP contribution in [-0.4, -0.2) is 30.2 Å². The van der Waals surface area contributed by atoms with Crippen LogP contribution >= 0.6 is 0 Å². The SMILES string of the molecule is N[C@H](CCOC=O)C(=O)O. The number of carboxylic acids is 1. The van der Waals surface area contributed by atoms with Gasteiger partial charge in [-0.15, -0.1) is 0 Å². The highest BCUT2D eigenvalue weighted by atomic mass is 16.5. The van der Waals surface area contributed by atoms with Gasteiger partial charge in [-0.25, -0.2) is 0 Å². The van der Waals surface area contributed by atoms with Crippen LogP contribution in [0, 0.1) is 0 Å². The first-order valence-electron chi connectivity index (χ1n) is 2.72. The lowest BCUT2D eigenvalue weighted by molar-refractivity contribution is -0.140. The van der Waals surface area contributed by atoms with E-state index in [2.05, 4.69) is 4.74 Å². The molecule has 0 saturated heterocycles. The lowest BCUT2D eigenvalue weighted by atomic mass is 10.2. The Bertz CT molecular complexity index is 125. The Hall–Kier alpha value is -1.10.